The van der Waals surface area contributed by atoms with E-state index >= 15 is 0 Å². The fourth-order valence-electron chi connectivity index (χ4n) is 2.42. The molecule has 0 spiro atoms. The van der Waals surface area contributed by atoms with E-state index in [1.165, 1.54) is 7.11 Å². The van der Waals surface area contributed by atoms with Gasteiger partial charge in [0, 0.05) is 31.7 Å². The quantitative estimate of drug-likeness (QED) is 0.734. The van der Waals surface area contributed by atoms with Gasteiger partial charge in [0.1, 0.15) is 5.54 Å². The van der Waals surface area contributed by atoms with E-state index in [9.17, 15) is 4.79 Å². The Labute approximate surface area is 110 Å². The summed E-state index contributed by atoms with van der Waals surface area (Å²) in [5, 5.41) is 0. The van der Waals surface area contributed by atoms with Crippen LogP contribution in [0.4, 0.5) is 0 Å². The molecule has 3 atom stereocenters. The predicted molar refractivity (Wildman–Crippen MR) is 72.4 cm³/mol. The Morgan fingerprint density at radius 1 is 1.39 bits per heavy atom. The van der Waals surface area contributed by atoms with Gasteiger partial charge >= 0.3 is 5.97 Å². The zero-order valence-electron chi connectivity index (χ0n) is 12.3. The van der Waals surface area contributed by atoms with Crippen molar-refractivity contribution in [3.63, 3.8) is 0 Å². The van der Waals surface area contributed by atoms with E-state index in [1.54, 1.807) is 6.92 Å². The largest absolute Gasteiger partial charge is 0.468 e. The van der Waals surface area contributed by atoms with Crippen LogP contribution in [0.25, 0.3) is 0 Å². The summed E-state index contributed by atoms with van der Waals surface area (Å²) in [7, 11) is 3.54. The minimum Gasteiger partial charge on any atom is -0.468 e. The van der Waals surface area contributed by atoms with Crippen LogP contribution in [0.5, 0.6) is 0 Å². The van der Waals surface area contributed by atoms with E-state index in [0.29, 0.717) is 18.5 Å². The maximum atomic E-state index is 11.5. The molecule has 1 rings (SSSR count). The number of carbonyl (C=O) groups excluding carboxylic acids is 1. The first-order valence-electron chi connectivity index (χ1n) is 6.59. The second-order valence-electron chi connectivity index (χ2n) is 5.78. The molecule has 0 aromatic carbocycles. The summed E-state index contributed by atoms with van der Waals surface area (Å²) in [4.78, 5) is 16.3. The summed E-state index contributed by atoms with van der Waals surface area (Å²) in [5.74, 6) is -0.335. The smallest absolute Gasteiger partial charge is 0.325 e. The lowest BCUT2D eigenvalue weighted by atomic mass is 9.98. The SMILES string of the molecule is COC(=O)C(C)(N)CCN1CC(C)N(C)C(C)C1. The van der Waals surface area contributed by atoms with E-state index in [2.05, 4.69) is 30.7 Å². The van der Waals surface area contributed by atoms with Crippen LogP contribution in [0.15, 0.2) is 0 Å². The zero-order valence-corrected chi connectivity index (χ0v) is 12.3. The van der Waals surface area contributed by atoms with Crippen molar-refractivity contribution in [1.82, 2.24) is 9.80 Å². The normalized spacial score (nSPS) is 29.9. The maximum Gasteiger partial charge on any atom is 0.325 e. The molecule has 18 heavy (non-hydrogen) atoms. The number of esters is 1. The molecule has 2 N–H and O–H groups in total. The lowest BCUT2D eigenvalue weighted by Crippen LogP contribution is -2.56. The summed E-state index contributed by atoms with van der Waals surface area (Å²) < 4.78 is 4.72. The maximum absolute atomic E-state index is 11.5. The second kappa shape index (κ2) is 5.99. The molecule has 5 heteroatoms. The average molecular weight is 257 g/mol. The lowest BCUT2D eigenvalue weighted by molar-refractivity contribution is -0.146. The number of methoxy groups -OCH3 is 1. The number of piperazine rings is 1. The van der Waals surface area contributed by atoms with Crippen molar-refractivity contribution in [3.8, 4) is 0 Å². The van der Waals surface area contributed by atoms with Gasteiger partial charge in [-0.1, -0.05) is 0 Å². The molecule has 1 heterocycles. The third kappa shape index (κ3) is 3.67. The van der Waals surface area contributed by atoms with E-state index in [0.717, 1.165) is 19.6 Å². The van der Waals surface area contributed by atoms with Gasteiger partial charge < -0.3 is 15.4 Å². The van der Waals surface area contributed by atoms with E-state index in [4.69, 9.17) is 10.5 Å². The number of ether oxygens (including phenoxy) is 1. The van der Waals surface area contributed by atoms with Gasteiger partial charge in [0.05, 0.1) is 7.11 Å². The zero-order chi connectivity index (χ0) is 13.9. The molecule has 1 saturated heterocycles. The summed E-state index contributed by atoms with van der Waals surface area (Å²) in [6.07, 6.45) is 0.628. The third-order valence-electron chi connectivity index (χ3n) is 4.03. The van der Waals surface area contributed by atoms with Crippen LogP contribution in [-0.2, 0) is 9.53 Å². The molecule has 0 radical (unpaired) electrons. The molecule has 0 bridgehead atoms. The fourth-order valence-corrected chi connectivity index (χ4v) is 2.42. The van der Waals surface area contributed by atoms with Crippen molar-refractivity contribution in [3.05, 3.63) is 0 Å². The number of hydrogen-bond acceptors (Lipinski definition) is 5. The van der Waals surface area contributed by atoms with E-state index in [-0.39, 0.29) is 5.97 Å². The van der Waals surface area contributed by atoms with Crippen LogP contribution < -0.4 is 5.73 Å². The van der Waals surface area contributed by atoms with Crippen molar-refractivity contribution in [1.29, 1.82) is 0 Å². The van der Waals surface area contributed by atoms with Crippen LogP contribution in [0.1, 0.15) is 27.2 Å². The molecule has 106 valence electrons. The summed E-state index contributed by atoms with van der Waals surface area (Å²) in [5.41, 5.74) is 5.09. The number of carbonyl (C=O) groups is 1. The summed E-state index contributed by atoms with van der Waals surface area (Å²) in [6, 6.07) is 1.08. The number of rotatable bonds is 4. The van der Waals surface area contributed by atoms with Gasteiger partial charge in [-0.3, -0.25) is 9.69 Å². The molecule has 0 aromatic rings. The molecular formula is C13H27N3O2. The Bertz CT molecular complexity index is 282. The predicted octanol–water partition coefficient (Wildman–Crippen LogP) is 0.291. The van der Waals surface area contributed by atoms with Crippen molar-refractivity contribution in [2.45, 2.75) is 44.8 Å². The third-order valence-corrected chi connectivity index (χ3v) is 4.03. The number of nitrogens with two attached hydrogens (primary N) is 1. The molecule has 5 nitrogen and oxygen atoms in total. The van der Waals surface area contributed by atoms with E-state index < -0.39 is 5.54 Å². The second-order valence-corrected chi connectivity index (χ2v) is 5.78. The Hall–Kier alpha value is -0.650. The van der Waals surface area contributed by atoms with E-state index in [1.807, 2.05) is 0 Å². The topological polar surface area (TPSA) is 58.8 Å². The van der Waals surface area contributed by atoms with Gasteiger partial charge in [-0.15, -0.1) is 0 Å². The van der Waals surface area contributed by atoms with Gasteiger partial charge in [-0.2, -0.15) is 0 Å². The molecule has 1 aliphatic rings. The standard InChI is InChI=1S/C13H27N3O2/c1-10-8-16(9-11(2)15(10)4)7-6-13(3,14)12(17)18-5/h10-11H,6-9,14H2,1-5H3. The molecule has 1 aliphatic heterocycles. The minimum absolute atomic E-state index is 0.335. The van der Waals surface area contributed by atoms with Gasteiger partial charge in [-0.05, 0) is 34.2 Å². The van der Waals surface area contributed by atoms with Gasteiger partial charge in [-0.25, -0.2) is 0 Å². The molecule has 3 unspecified atom stereocenters. The Kier molecular flexibility index (Phi) is 5.13. The van der Waals surface area contributed by atoms with Crippen LogP contribution >= 0.6 is 0 Å². The van der Waals surface area contributed by atoms with Crippen molar-refractivity contribution in [2.75, 3.05) is 33.8 Å². The summed E-state index contributed by atoms with van der Waals surface area (Å²) >= 11 is 0. The summed E-state index contributed by atoms with van der Waals surface area (Å²) in [6.45, 7) is 9.08. The number of likely N-dealkylation sites (N-methyl/N-ethyl adjacent to an activating group) is 1. The first-order chi connectivity index (χ1) is 8.27. The highest BCUT2D eigenvalue weighted by Gasteiger charge is 2.32. The molecule has 0 aromatic heterocycles. The van der Waals surface area contributed by atoms with Crippen molar-refractivity contribution < 1.29 is 9.53 Å². The minimum atomic E-state index is -0.884. The highest BCUT2D eigenvalue weighted by molar-refractivity contribution is 5.79. The van der Waals surface area contributed by atoms with Gasteiger partial charge in [0.2, 0.25) is 0 Å². The molecule has 0 amide bonds. The first-order valence-corrected chi connectivity index (χ1v) is 6.59. The Balaban J connectivity index is 2.47. The molecular weight excluding hydrogens is 230 g/mol. The monoisotopic (exact) mass is 257 g/mol. The molecule has 0 saturated carbocycles. The van der Waals surface area contributed by atoms with Crippen LogP contribution in [0.2, 0.25) is 0 Å². The van der Waals surface area contributed by atoms with Gasteiger partial charge in [0.15, 0.2) is 0 Å². The fraction of sp³-hybridized carbons (Fsp3) is 0.923. The van der Waals surface area contributed by atoms with Crippen LogP contribution in [0.3, 0.4) is 0 Å². The van der Waals surface area contributed by atoms with Crippen LogP contribution in [-0.4, -0.2) is 67.2 Å². The molecule has 0 aliphatic carbocycles. The number of hydrogen-bond donors (Lipinski definition) is 1. The highest BCUT2D eigenvalue weighted by atomic mass is 16.5. The average Bonchev–Trinajstić information content (AvgIpc) is 2.32. The first kappa shape index (κ1) is 15.4. The number of nitrogens with zero attached hydrogens (tertiary/aromatic N) is 2. The van der Waals surface area contributed by atoms with Crippen LogP contribution in [0, 0.1) is 0 Å². The van der Waals surface area contributed by atoms with Crippen molar-refractivity contribution >= 4 is 5.97 Å². The Morgan fingerprint density at radius 2 is 1.89 bits per heavy atom. The highest BCUT2D eigenvalue weighted by Crippen LogP contribution is 2.16. The Morgan fingerprint density at radius 3 is 2.33 bits per heavy atom. The van der Waals surface area contributed by atoms with Gasteiger partial charge in [0.25, 0.3) is 0 Å². The molecule has 1 fully saturated rings. The van der Waals surface area contributed by atoms with Crippen molar-refractivity contribution in [2.24, 2.45) is 5.73 Å². The lowest BCUT2D eigenvalue weighted by Gasteiger charge is -2.43.